The number of aromatic nitrogens is 1. The first-order valence-electron chi connectivity index (χ1n) is 8.65. The largest absolute Gasteiger partial charge is 0.504 e. The molecule has 1 aromatic carbocycles. The Balaban J connectivity index is 2.07. The quantitative estimate of drug-likeness (QED) is 0.862. The number of nitrogens with zero attached hydrogens (tertiary/aromatic N) is 1. The van der Waals surface area contributed by atoms with Crippen molar-refractivity contribution in [2.45, 2.75) is 38.6 Å². The maximum Gasteiger partial charge on any atom is 0.341 e. The standard InChI is InChI=1S/C20H21NO5/c1-20(2)5-4-10-11-6-16(23)17(26-3)7-12(11)14-8-15(22)13(19(24)25)9-21(14)18(10)20/h6-10,18,23H,4-5H2,1-3H3,(H,24,25). The Bertz CT molecular complexity index is 988. The summed E-state index contributed by atoms with van der Waals surface area (Å²) in [4.78, 5) is 23.8. The molecule has 2 heterocycles. The number of carbonyl (C=O) groups is 1. The third-order valence-corrected chi connectivity index (χ3v) is 5.92. The van der Waals surface area contributed by atoms with Crippen LogP contribution in [0.5, 0.6) is 11.5 Å². The summed E-state index contributed by atoms with van der Waals surface area (Å²) in [5, 5.41) is 19.7. The van der Waals surface area contributed by atoms with Gasteiger partial charge in [-0.05, 0) is 36.0 Å². The fraction of sp³-hybridized carbons (Fsp3) is 0.400. The van der Waals surface area contributed by atoms with Crippen LogP contribution >= 0.6 is 0 Å². The van der Waals surface area contributed by atoms with Crippen LogP contribution in [0, 0.1) is 5.41 Å². The van der Waals surface area contributed by atoms with Gasteiger partial charge in [-0.25, -0.2) is 4.79 Å². The number of carboxylic acid groups (broad SMARTS) is 1. The molecule has 1 aromatic heterocycles. The van der Waals surface area contributed by atoms with Crippen molar-refractivity contribution in [2.75, 3.05) is 7.11 Å². The third kappa shape index (κ3) is 2.18. The molecule has 0 bridgehead atoms. The van der Waals surface area contributed by atoms with Gasteiger partial charge < -0.3 is 19.5 Å². The van der Waals surface area contributed by atoms with Crippen molar-refractivity contribution in [1.29, 1.82) is 0 Å². The number of hydrogen-bond acceptors (Lipinski definition) is 4. The molecule has 2 aromatic rings. The normalized spacial score (nSPS) is 22.3. The summed E-state index contributed by atoms with van der Waals surface area (Å²) in [6, 6.07) is 4.88. The highest BCUT2D eigenvalue weighted by molar-refractivity contribution is 5.88. The van der Waals surface area contributed by atoms with Crippen LogP contribution in [0.1, 0.15) is 54.6 Å². The maximum absolute atomic E-state index is 12.3. The lowest BCUT2D eigenvalue weighted by atomic mass is 9.77. The van der Waals surface area contributed by atoms with Crippen molar-refractivity contribution in [2.24, 2.45) is 5.41 Å². The van der Waals surface area contributed by atoms with Crippen LogP contribution in [0.15, 0.2) is 29.2 Å². The van der Waals surface area contributed by atoms with E-state index in [9.17, 15) is 19.8 Å². The van der Waals surface area contributed by atoms with E-state index in [2.05, 4.69) is 13.8 Å². The SMILES string of the molecule is COc1cc2c(cc1O)C1CCC(C)(C)C1n1cc(C(=O)O)c(=O)cc1-2. The van der Waals surface area contributed by atoms with Crippen molar-refractivity contribution in [3.8, 4) is 22.8 Å². The first-order chi connectivity index (χ1) is 12.2. The van der Waals surface area contributed by atoms with Gasteiger partial charge in [-0.15, -0.1) is 0 Å². The Morgan fingerprint density at radius 3 is 2.69 bits per heavy atom. The summed E-state index contributed by atoms with van der Waals surface area (Å²) in [6.07, 6.45) is 3.39. The van der Waals surface area contributed by atoms with E-state index in [0.29, 0.717) is 11.4 Å². The molecule has 1 aliphatic heterocycles. The summed E-state index contributed by atoms with van der Waals surface area (Å²) < 4.78 is 7.18. The van der Waals surface area contributed by atoms with Crippen LogP contribution in [0.3, 0.4) is 0 Å². The Labute approximate surface area is 150 Å². The predicted octanol–water partition coefficient (Wildman–Crippen LogP) is 3.39. The number of rotatable bonds is 2. The van der Waals surface area contributed by atoms with E-state index in [1.165, 1.54) is 19.4 Å². The van der Waals surface area contributed by atoms with Crippen LogP contribution in [0.25, 0.3) is 11.3 Å². The van der Waals surface area contributed by atoms with Gasteiger partial charge >= 0.3 is 5.97 Å². The monoisotopic (exact) mass is 355 g/mol. The van der Waals surface area contributed by atoms with Crippen LogP contribution in [-0.4, -0.2) is 27.9 Å². The molecule has 0 radical (unpaired) electrons. The topological polar surface area (TPSA) is 88.8 Å². The van der Waals surface area contributed by atoms with Crippen LogP contribution in [0.2, 0.25) is 0 Å². The zero-order valence-electron chi connectivity index (χ0n) is 14.9. The van der Waals surface area contributed by atoms with Gasteiger partial charge in [0.15, 0.2) is 16.9 Å². The molecule has 1 saturated carbocycles. The molecule has 2 atom stereocenters. The lowest BCUT2D eigenvalue weighted by Crippen LogP contribution is -2.32. The lowest BCUT2D eigenvalue weighted by molar-refractivity contribution is 0.0693. The van der Waals surface area contributed by atoms with Crippen LogP contribution < -0.4 is 10.2 Å². The number of phenolic OH excluding ortho intramolecular Hbond substituents is 1. The molecule has 6 heteroatoms. The Hall–Kier alpha value is -2.76. The third-order valence-electron chi connectivity index (χ3n) is 5.92. The number of aromatic carboxylic acids is 1. The average Bonchev–Trinajstić information content (AvgIpc) is 2.89. The zero-order chi connectivity index (χ0) is 18.8. The highest BCUT2D eigenvalue weighted by Crippen LogP contribution is 2.59. The Morgan fingerprint density at radius 2 is 2.04 bits per heavy atom. The number of carboxylic acids is 1. The van der Waals surface area contributed by atoms with E-state index in [1.807, 2.05) is 4.57 Å². The molecule has 26 heavy (non-hydrogen) atoms. The van der Waals surface area contributed by atoms with Gasteiger partial charge in [0.25, 0.3) is 0 Å². The van der Waals surface area contributed by atoms with Crippen LogP contribution in [0.4, 0.5) is 0 Å². The molecule has 4 rings (SSSR count). The summed E-state index contributed by atoms with van der Waals surface area (Å²) >= 11 is 0. The summed E-state index contributed by atoms with van der Waals surface area (Å²) in [6.45, 7) is 4.32. The minimum Gasteiger partial charge on any atom is -0.504 e. The van der Waals surface area contributed by atoms with E-state index < -0.39 is 11.4 Å². The molecule has 1 aliphatic carbocycles. The summed E-state index contributed by atoms with van der Waals surface area (Å²) in [5.41, 5.74) is 1.68. The maximum atomic E-state index is 12.3. The van der Waals surface area contributed by atoms with Gasteiger partial charge in [0.1, 0.15) is 5.56 Å². The number of ether oxygens (including phenoxy) is 1. The first kappa shape index (κ1) is 16.7. The molecule has 0 saturated heterocycles. The molecular formula is C20H21NO5. The van der Waals surface area contributed by atoms with E-state index >= 15 is 0 Å². The fourth-order valence-corrected chi connectivity index (χ4v) is 4.71. The molecule has 2 unspecified atom stereocenters. The molecule has 0 spiro atoms. The predicted molar refractivity (Wildman–Crippen MR) is 96.1 cm³/mol. The Kier molecular flexibility index (Phi) is 3.45. The van der Waals surface area contributed by atoms with Crippen LogP contribution in [-0.2, 0) is 0 Å². The Morgan fingerprint density at radius 1 is 1.31 bits per heavy atom. The molecule has 136 valence electrons. The van der Waals surface area contributed by atoms with Gasteiger partial charge in [0.2, 0.25) is 0 Å². The molecule has 6 nitrogen and oxygen atoms in total. The number of methoxy groups -OCH3 is 1. The second-order valence-corrected chi connectivity index (χ2v) is 7.84. The van der Waals surface area contributed by atoms with Gasteiger partial charge in [-0.1, -0.05) is 13.8 Å². The van der Waals surface area contributed by atoms with Crippen molar-refractivity contribution in [3.05, 3.63) is 45.7 Å². The van der Waals surface area contributed by atoms with Gasteiger partial charge in [-0.2, -0.15) is 0 Å². The number of benzene rings is 1. The minimum absolute atomic E-state index is 0.0245. The van der Waals surface area contributed by atoms with E-state index in [1.54, 1.807) is 12.1 Å². The number of pyridine rings is 1. The lowest BCUT2D eigenvalue weighted by Gasteiger charge is -2.39. The van der Waals surface area contributed by atoms with Crippen molar-refractivity contribution in [1.82, 2.24) is 4.57 Å². The molecule has 1 fully saturated rings. The number of aromatic hydroxyl groups is 1. The van der Waals surface area contributed by atoms with Gasteiger partial charge in [0.05, 0.1) is 12.8 Å². The minimum atomic E-state index is -1.22. The van der Waals surface area contributed by atoms with E-state index in [0.717, 1.165) is 24.0 Å². The highest BCUT2D eigenvalue weighted by Gasteiger charge is 2.47. The number of fused-ring (bicyclic) bond motifs is 6. The van der Waals surface area contributed by atoms with Crippen molar-refractivity contribution < 1.29 is 19.7 Å². The molecule has 2 N–H and O–H groups in total. The highest BCUT2D eigenvalue weighted by atomic mass is 16.5. The second-order valence-electron chi connectivity index (χ2n) is 7.84. The van der Waals surface area contributed by atoms with Crippen molar-refractivity contribution >= 4 is 5.97 Å². The number of phenols is 1. The van der Waals surface area contributed by atoms with E-state index in [-0.39, 0.29) is 28.7 Å². The van der Waals surface area contributed by atoms with Crippen molar-refractivity contribution in [3.63, 3.8) is 0 Å². The fourth-order valence-electron chi connectivity index (χ4n) is 4.71. The average molecular weight is 355 g/mol. The number of hydrogen-bond donors (Lipinski definition) is 2. The molecule has 0 amide bonds. The smallest absolute Gasteiger partial charge is 0.341 e. The summed E-state index contributed by atoms with van der Waals surface area (Å²) in [7, 11) is 1.48. The summed E-state index contributed by atoms with van der Waals surface area (Å²) in [5.74, 6) is -0.659. The van der Waals surface area contributed by atoms with Gasteiger partial charge in [-0.3, -0.25) is 4.79 Å². The first-order valence-corrected chi connectivity index (χ1v) is 8.65. The molecule has 2 aliphatic rings. The zero-order valence-corrected chi connectivity index (χ0v) is 14.9. The molecular weight excluding hydrogens is 334 g/mol. The second kappa shape index (κ2) is 5.37. The van der Waals surface area contributed by atoms with Gasteiger partial charge in [0, 0.05) is 29.8 Å². The van der Waals surface area contributed by atoms with E-state index in [4.69, 9.17) is 4.74 Å².